The first-order valence-electron chi connectivity index (χ1n) is 7.29. The quantitative estimate of drug-likeness (QED) is 0.859. The zero-order chi connectivity index (χ0) is 16.1. The molecule has 6 nitrogen and oxygen atoms in total. The Bertz CT molecular complexity index is 623. The lowest BCUT2D eigenvalue weighted by molar-refractivity contribution is -0.121. The molecule has 0 saturated heterocycles. The van der Waals surface area contributed by atoms with Crippen LogP contribution < -0.4 is 15.5 Å². The highest BCUT2D eigenvalue weighted by molar-refractivity contribution is 6.39. The van der Waals surface area contributed by atoms with Crippen LogP contribution in [0.25, 0.3) is 0 Å². The van der Waals surface area contributed by atoms with Gasteiger partial charge < -0.3 is 10.1 Å². The minimum atomic E-state index is -0.220. The molecule has 2 amide bonds. The molecule has 0 bridgehead atoms. The maximum atomic E-state index is 11.9. The van der Waals surface area contributed by atoms with E-state index in [4.69, 9.17) is 4.74 Å². The van der Waals surface area contributed by atoms with E-state index in [0.717, 1.165) is 17.7 Å². The van der Waals surface area contributed by atoms with Crippen LogP contribution in [0.15, 0.2) is 17.2 Å². The van der Waals surface area contributed by atoms with Gasteiger partial charge in [0.05, 0.1) is 7.11 Å². The van der Waals surface area contributed by atoms with Crippen LogP contribution in [-0.2, 0) is 16.0 Å². The summed E-state index contributed by atoms with van der Waals surface area (Å²) < 4.78 is 5.29. The summed E-state index contributed by atoms with van der Waals surface area (Å²) in [5.74, 6) is 0.501. The first-order chi connectivity index (χ1) is 10.5. The lowest BCUT2D eigenvalue weighted by Crippen LogP contribution is -2.37. The highest BCUT2D eigenvalue weighted by Crippen LogP contribution is 2.23. The number of hydrazone groups is 1. The number of methoxy groups -OCH3 is 1. The molecule has 0 spiro atoms. The third kappa shape index (κ3) is 3.63. The molecular formula is C16H21N3O3. The molecule has 1 aliphatic rings. The van der Waals surface area contributed by atoms with Gasteiger partial charge in [-0.2, -0.15) is 5.10 Å². The van der Waals surface area contributed by atoms with Gasteiger partial charge in [0.25, 0.3) is 5.91 Å². The average Bonchev–Trinajstić information content (AvgIpc) is 2.52. The van der Waals surface area contributed by atoms with Gasteiger partial charge >= 0.3 is 0 Å². The number of carbonyl (C=O) groups excluding carboxylic acids is 2. The number of hydrogen-bond acceptors (Lipinski definition) is 4. The maximum Gasteiger partial charge on any atom is 0.267 e. The standard InChI is InChI=1S/C16H21N3O3/c1-10-11(2)14(22-3)6-4-12(10)8-9-17-16(21)13-5-7-15(20)19-18-13/h4,6H,5,7-9H2,1-3H3,(H,17,21)(H,19,20). The molecule has 0 radical (unpaired) electrons. The van der Waals surface area contributed by atoms with E-state index in [9.17, 15) is 9.59 Å². The third-order valence-electron chi connectivity index (χ3n) is 3.92. The fraction of sp³-hybridized carbons (Fsp3) is 0.438. The third-order valence-corrected chi connectivity index (χ3v) is 3.92. The minimum Gasteiger partial charge on any atom is -0.496 e. The van der Waals surface area contributed by atoms with E-state index >= 15 is 0 Å². The zero-order valence-corrected chi connectivity index (χ0v) is 13.2. The summed E-state index contributed by atoms with van der Waals surface area (Å²) in [6, 6.07) is 3.96. The second-order valence-electron chi connectivity index (χ2n) is 5.28. The number of amides is 2. The van der Waals surface area contributed by atoms with Crippen LogP contribution in [0.3, 0.4) is 0 Å². The molecule has 1 aliphatic heterocycles. The highest BCUT2D eigenvalue weighted by Gasteiger charge is 2.17. The summed E-state index contributed by atoms with van der Waals surface area (Å²) in [5, 5.41) is 6.62. The van der Waals surface area contributed by atoms with Gasteiger partial charge in [-0.1, -0.05) is 6.07 Å². The highest BCUT2D eigenvalue weighted by atomic mass is 16.5. The van der Waals surface area contributed by atoms with E-state index in [1.54, 1.807) is 7.11 Å². The first-order valence-corrected chi connectivity index (χ1v) is 7.29. The van der Waals surface area contributed by atoms with Crippen molar-refractivity contribution in [1.82, 2.24) is 10.7 Å². The van der Waals surface area contributed by atoms with Crippen molar-refractivity contribution >= 4 is 17.5 Å². The Morgan fingerprint density at radius 3 is 2.73 bits per heavy atom. The predicted octanol–water partition coefficient (Wildman–Crippen LogP) is 1.24. The van der Waals surface area contributed by atoms with E-state index < -0.39 is 0 Å². The topological polar surface area (TPSA) is 79.8 Å². The number of nitrogens with one attached hydrogen (secondary N) is 2. The average molecular weight is 303 g/mol. The predicted molar refractivity (Wildman–Crippen MR) is 84.0 cm³/mol. The van der Waals surface area contributed by atoms with Crippen LogP contribution >= 0.6 is 0 Å². The van der Waals surface area contributed by atoms with Crippen LogP contribution in [0.5, 0.6) is 5.75 Å². The van der Waals surface area contributed by atoms with Gasteiger partial charge in [-0.25, -0.2) is 5.43 Å². The molecule has 118 valence electrons. The fourth-order valence-corrected chi connectivity index (χ4v) is 2.39. The molecule has 0 fully saturated rings. The summed E-state index contributed by atoms with van der Waals surface area (Å²) in [4.78, 5) is 22.9. The van der Waals surface area contributed by atoms with Gasteiger partial charge in [0, 0.05) is 19.4 Å². The van der Waals surface area contributed by atoms with Gasteiger partial charge in [-0.15, -0.1) is 0 Å². The molecule has 6 heteroatoms. The lowest BCUT2D eigenvalue weighted by Gasteiger charge is -2.14. The summed E-state index contributed by atoms with van der Waals surface area (Å²) in [6.45, 7) is 4.60. The maximum absolute atomic E-state index is 11.9. The minimum absolute atomic E-state index is 0.152. The van der Waals surface area contributed by atoms with E-state index in [2.05, 4.69) is 22.8 Å². The van der Waals surface area contributed by atoms with Crippen molar-refractivity contribution in [2.24, 2.45) is 5.10 Å². The van der Waals surface area contributed by atoms with Crippen molar-refractivity contribution < 1.29 is 14.3 Å². The molecule has 22 heavy (non-hydrogen) atoms. The molecular weight excluding hydrogens is 282 g/mol. The normalized spacial score (nSPS) is 14.1. The molecule has 0 aliphatic carbocycles. The first kappa shape index (κ1) is 16.0. The van der Waals surface area contributed by atoms with Crippen LogP contribution in [0.4, 0.5) is 0 Å². The number of benzene rings is 1. The van der Waals surface area contributed by atoms with Crippen molar-refractivity contribution in [2.45, 2.75) is 33.1 Å². The van der Waals surface area contributed by atoms with Crippen molar-refractivity contribution in [3.8, 4) is 5.75 Å². The molecule has 0 unspecified atom stereocenters. The Balaban J connectivity index is 1.90. The van der Waals surface area contributed by atoms with E-state index in [0.29, 0.717) is 25.1 Å². The van der Waals surface area contributed by atoms with Crippen LogP contribution in [0.2, 0.25) is 0 Å². The van der Waals surface area contributed by atoms with Gasteiger partial charge in [0.2, 0.25) is 5.91 Å². The second-order valence-corrected chi connectivity index (χ2v) is 5.28. The van der Waals surface area contributed by atoms with Crippen LogP contribution in [-0.4, -0.2) is 31.2 Å². The largest absolute Gasteiger partial charge is 0.496 e. The molecule has 0 atom stereocenters. The smallest absolute Gasteiger partial charge is 0.267 e. The SMILES string of the molecule is COc1ccc(CCNC(=O)C2=NNC(=O)CC2)c(C)c1C. The van der Waals surface area contributed by atoms with Gasteiger partial charge in [0.1, 0.15) is 11.5 Å². The van der Waals surface area contributed by atoms with Crippen molar-refractivity contribution in [3.63, 3.8) is 0 Å². The lowest BCUT2D eigenvalue weighted by atomic mass is 10.00. The number of ether oxygens (including phenoxy) is 1. The monoisotopic (exact) mass is 303 g/mol. The van der Waals surface area contributed by atoms with Gasteiger partial charge in [-0.3, -0.25) is 9.59 Å². The Hall–Kier alpha value is -2.37. The Morgan fingerprint density at radius 2 is 2.09 bits per heavy atom. The number of carbonyl (C=O) groups is 2. The van der Waals surface area contributed by atoms with E-state index in [-0.39, 0.29) is 11.8 Å². The van der Waals surface area contributed by atoms with Crippen molar-refractivity contribution in [2.75, 3.05) is 13.7 Å². The number of rotatable bonds is 5. The van der Waals surface area contributed by atoms with Crippen LogP contribution in [0.1, 0.15) is 29.5 Å². The molecule has 0 aromatic heterocycles. The molecule has 0 saturated carbocycles. The summed E-state index contributed by atoms with van der Waals surface area (Å²) in [7, 11) is 1.66. The number of nitrogens with zero attached hydrogens (tertiary/aromatic N) is 1. The second kappa shape index (κ2) is 7.06. The van der Waals surface area contributed by atoms with Crippen LogP contribution in [0, 0.1) is 13.8 Å². The van der Waals surface area contributed by atoms with Gasteiger partial charge in [-0.05, 0) is 43.0 Å². The van der Waals surface area contributed by atoms with E-state index in [1.807, 2.05) is 19.1 Å². The molecule has 1 heterocycles. The Morgan fingerprint density at radius 1 is 1.32 bits per heavy atom. The number of hydrogen-bond donors (Lipinski definition) is 2. The summed E-state index contributed by atoms with van der Waals surface area (Å²) >= 11 is 0. The molecule has 1 aromatic carbocycles. The summed E-state index contributed by atoms with van der Waals surface area (Å²) in [5.41, 5.74) is 6.17. The molecule has 2 N–H and O–H groups in total. The zero-order valence-electron chi connectivity index (χ0n) is 13.2. The fourth-order valence-electron chi connectivity index (χ4n) is 2.39. The Labute approximate surface area is 129 Å². The van der Waals surface area contributed by atoms with Crippen molar-refractivity contribution in [1.29, 1.82) is 0 Å². The van der Waals surface area contributed by atoms with Crippen molar-refractivity contribution in [3.05, 3.63) is 28.8 Å². The molecule has 1 aromatic rings. The summed E-state index contributed by atoms with van der Waals surface area (Å²) in [6.07, 6.45) is 1.43. The van der Waals surface area contributed by atoms with Gasteiger partial charge in [0.15, 0.2) is 0 Å². The molecule has 2 rings (SSSR count). The Kier molecular flexibility index (Phi) is 5.14. The van der Waals surface area contributed by atoms with E-state index in [1.165, 1.54) is 11.1 Å².